The molecule has 1 aromatic carbocycles. The van der Waals surface area contributed by atoms with Crippen molar-refractivity contribution in [1.82, 2.24) is 0 Å². The molecule has 0 aromatic heterocycles. The van der Waals surface area contributed by atoms with Gasteiger partial charge in [0.1, 0.15) is 5.82 Å². The van der Waals surface area contributed by atoms with E-state index in [1.165, 1.54) is 18.2 Å². The Bertz CT molecular complexity index is 416. The maximum atomic E-state index is 13.1. The highest BCUT2D eigenvalue weighted by Gasteiger charge is 2.36. The molecule has 0 saturated heterocycles. The summed E-state index contributed by atoms with van der Waals surface area (Å²) in [5, 5.41) is 21.0. The smallest absolute Gasteiger partial charge is 0.123 e. The van der Waals surface area contributed by atoms with E-state index in [-0.39, 0.29) is 12.2 Å². The average Bonchev–Trinajstić information content (AvgIpc) is 2.35. The molecule has 2 N–H and O–H groups in total. The summed E-state index contributed by atoms with van der Waals surface area (Å²) in [6.07, 6.45) is 3.43. The number of halogens is 2. The second kappa shape index (κ2) is 5.55. The first-order valence-corrected chi connectivity index (χ1v) is 6.73. The van der Waals surface area contributed by atoms with E-state index in [9.17, 15) is 14.6 Å². The van der Waals surface area contributed by atoms with Gasteiger partial charge in [-0.05, 0) is 36.6 Å². The van der Waals surface area contributed by atoms with Crippen LogP contribution in [0.15, 0.2) is 18.2 Å². The van der Waals surface area contributed by atoms with Gasteiger partial charge in [-0.2, -0.15) is 0 Å². The van der Waals surface area contributed by atoms with Gasteiger partial charge in [0.05, 0.1) is 11.7 Å². The number of rotatable bonds is 3. The Hall–Kier alpha value is -0.640. The van der Waals surface area contributed by atoms with E-state index in [1.54, 1.807) is 0 Å². The van der Waals surface area contributed by atoms with Gasteiger partial charge < -0.3 is 10.2 Å². The standard InChI is InChI=1S/C14H18ClFO2/c15-12-5-4-11(16)8-10(12)9-13(17)14(18)6-2-1-3-7-14/h4-5,8,13,17-18H,1-3,6-7,9H2. The lowest BCUT2D eigenvalue weighted by molar-refractivity contribution is -0.0960. The lowest BCUT2D eigenvalue weighted by Crippen LogP contribution is -2.45. The lowest BCUT2D eigenvalue weighted by atomic mass is 9.79. The summed E-state index contributed by atoms with van der Waals surface area (Å²) in [7, 11) is 0. The van der Waals surface area contributed by atoms with Crippen molar-refractivity contribution in [1.29, 1.82) is 0 Å². The van der Waals surface area contributed by atoms with Crippen LogP contribution in [0, 0.1) is 5.82 Å². The normalized spacial score (nSPS) is 20.7. The fourth-order valence-corrected chi connectivity index (χ4v) is 2.79. The van der Waals surface area contributed by atoms with Crippen molar-refractivity contribution >= 4 is 11.6 Å². The molecule has 0 spiro atoms. The molecular formula is C14H18ClFO2. The van der Waals surface area contributed by atoms with Crippen molar-refractivity contribution in [2.75, 3.05) is 0 Å². The summed E-state index contributed by atoms with van der Waals surface area (Å²) in [4.78, 5) is 0. The Morgan fingerprint density at radius 1 is 1.28 bits per heavy atom. The Labute approximate surface area is 111 Å². The van der Waals surface area contributed by atoms with E-state index in [2.05, 4.69) is 0 Å². The van der Waals surface area contributed by atoms with Crippen molar-refractivity contribution in [2.45, 2.75) is 50.2 Å². The van der Waals surface area contributed by atoms with E-state index >= 15 is 0 Å². The first-order valence-electron chi connectivity index (χ1n) is 6.36. The zero-order chi connectivity index (χ0) is 13.2. The first-order chi connectivity index (χ1) is 8.51. The molecule has 2 nitrogen and oxygen atoms in total. The topological polar surface area (TPSA) is 40.5 Å². The van der Waals surface area contributed by atoms with Gasteiger partial charge in [0, 0.05) is 11.4 Å². The predicted octanol–water partition coefficient (Wildman–Crippen LogP) is 3.08. The molecule has 1 unspecified atom stereocenters. The summed E-state index contributed by atoms with van der Waals surface area (Å²) >= 11 is 5.97. The molecule has 1 atom stereocenters. The SMILES string of the molecule is OC(Cc1cc(F)ccc1Cl)C1(O)CCCCC1. The van der Waals surface area contributed by atoms with Crippen LogP contribution in [0.25, 0.3) is 0 Å². The number of aliphatic hydroxyl groups excluding tert-OH is 1. The summed E-state index contributed by atoms with van der Waals surface area (Å²) in [5.41, 5.74) is -0.503. The fraction of sp³-hybridized carbons (Fsp3) is 0.571. The summed E-state index contributed by atoms with van der Waals surface area (Å²) in [6, 6.07) is 4.08. The quantitative estimate of drug-likeness (QED) is 0.888. The molecule has 0 amide bonds. The maximum Gasteiger partial charge on any atom is 0.123 e. The largest absolute Gasteiger partial charge is 0.390 e. The molecule has 1 fully saturated rings. The number of hydrogen-bond acceptors (Lipinski definition) is 2. The Kier molecular flexibility index (Phi) is 4.25. The van der Waals surface area contributed by atoms with Crippen LogP contribution in [0.1, 0.15) is 37.7 Å². The van der Waals surface area contributed by atoms with E-state index in [0.29, 0.717) is 23.4 Å². The van der Waals surface area contributed by atoms with Crippen LogP contribution in [0.2, 0.25) is 5.02 Å². The molecule has 4 heteroatoms. The molecule has 100 valence electrons. The minimum atomic E-state index is -1.05. The molecule has 1 saturated carbocycles. The zero-order valence-corrected chi connectivity index (χ0v) is 11.0. The van der Waals surface area contributed by atoms with Gasteiger partial charge in [-0.25, -0.2) is 4.39 Å². The number of hydrogen-bond donors (Lipinski definition) is 2. The van der Waals surface area contributed by atoms with Crippen molar-refractivity contribution in [2.24, 2.45) is 0 Å². The molecule has 1 aliphatic carbocycles. The zero-order valence-electron chi connectivity index (χ0n) is 10.2. The summed E-state index contributed by atoms with van der Waals surface area (Å²) in [6.45, 7) is 0. The highest BCUT2D eigenvalue weighted by Crippen LogP contribution is 2.33. The van der Waals surface area contributed by atoms with Crippen molar-refractivity contribution < 1.29 is 14.6 Å². The molecule has 2 rings (SSSR count). The molecule has 1 aromatic rings. The molecule has 1 aliphatic rings. The minimum absolute atomic E-state index is 0.188. The molecular weight excluding hydrogens is 255 g/mol. The van der Waals surface area contributed by atoms with Gasteiger partial charge in [0.15, 0.2) is 0 Å². The molecule has 0 heterocycles. The van der Waals surface area contributed by atoms with Crippen LogP contribution in [0.4, 0.5) is 4.39 Å². The van der Waals surface area contributed by atoms with E-state index in [4.69, 9.17) is 11.6 Å². The van der Waals surface area contributed by atoms with E-state index in [0.717, 1.165) is 19.3 Å². The van der Waals surface area contributed by atoms with Crippen molar-refractivity contribution in [3.05, 3.63) is 34.6 Å². The molecule has 0 bridgehead atoms. The number of aliphatic hydroxyl groups is 2. The third kappa shape index (κ3) is 3.02. The van der Waals surface area contributed by atoms with Crippen molar-refractivity contribution in [3.63, 3.8) is 0 Å². The van der Waals surface area contributed by atoms with Gasteiger partial charge in [-0.15, -0.1) is 0 Å². The monoisotopic (exact) mass is 272 g/mol. The summed E-state index contributed by atoms with van der Waals surface area (Å²) < 4.78 is 13.1. The van der Waals surface area contributed by atoms with Crippen LogP contribution < -0.4 is 0 Å². The second-order valence-electron chi connectivity index (χ2n) is 5.12. The van der Waals surface area contributed by atoms with Crippen LogP contribution >= 0.6 is 11.6 Å². The van der Waals surface area contributed by atoms with Gasteiger partial charge in [0.25, 0.3) is 0 Å². The first kappa shape index (κ1) is 13.8. The van der Waals surface area contributed by atoms with Crippen LogP contribution in [-0.4, -0.2) is 21.9 Å². The van der Waals surface area contributed by atoms with Gasteiger partial charge >= 0.3 is 0 Å². The highest BCUT2D eigenvalue weighted by molar-refractivity contribution is 6.31. The third-order valence-electron chi connectivity index (χ3n) is 3.76. The molecule has 18 heavy (non-hydrogen) atoms. The third-order valence-corrected chi connectivity index (χ3v) is 4.13. The van der Waals surface area contributed by atoms with Crippen LogP contribution in [-0.2, 0) is 6.42 Å². The van der Waals surface area contributed by atoms with E-state index < -0.39 is 11.7 Å². The lowest BCUT2D eigenvalue weighted by Gasteiger charge is -2.36. The van der Waals surface area contributed by atoms with Crippen LogP contribution in [0.3, 0.4) is 0 Å². The van der Waals surface area contributed by atoms with E-state index in [1.807, 2.05) is 0 Å². The number of benzene rings is 1. The summed E-state index contributed by atoms with van der Waals surface area (Å²) in [5.74, 6) is -0.378. The minimum Gasteiger partial charge on any atom is -0.390 e. The maximum absolute atomic E-state index is 13.1. The Morgan fingerprint density at radius 2 is 1.94 bits per heavy atom. The average molecular weight is 273 g/mol. The molecule has 0 aliphatic heterocycles. The van der Waals surface area contributed by atoms with Crippen LogP contribution in [0.5, 0.6) is 0 Å². The Balaban J connectivity index is 2.10. The highest BCUT2D eigenvalue weighted by atomic mass is 35.5. The van der Waals surface area contributed by atoms with Crippen molar-refractivity contribution in [3.8, 4) is 0 Å². The fourth-order valence-electron chi connectivity index (χ4n) is 2.60. The second-order valence-corrected chi connectivity index (χ2v) is 5.53. The predicted molar refractivity (Wildman–Crippen MR) is 69.2 cm³/mol. The molecule has 0 radical (unpaired) electrons. The van der Waals surface area contributed by atoms with Gasteiger partial charge in [0.2, 0.25) is 0 Å². The van der Waals surface area contributed by atoms with Gasteiger partial charge in [-0.1, -0.05) is 30.9 Å². The Morgan fingerprint density at radius 3 is 2.61 bits per heavy atom. The van der Waals surface area contributed by atoms with Gasteiger partial charge in [-0.3, -0.25) is 0 Å².